The van der Waals surface area contributed by atoms with E-state index in [0.717, 1.165) is 10.9 Å². The van der Waals surface area contributed by atoms with E-state index in [-0.39, 0.29) is 22.7 Å². The highest BCUT2D eigenvalue weighted by Gasteiger charge is 2.45. The topological polar surface area (TPSA) is 218 Å². The third kappa shape index (κ3) is 4.71. The zero-order valence-corrected chi connectivity index (χ0v) is 18.3. The molecule has 1 amide bonds. The molecule has 1 fully saturated rings. The number of fused-ring (bicyclic) bond motifs is 1. The van der Waals surface area contributed by atoms with Crippen molar-refractivity contribution in [3.8, 4) is 5.75 Å². The van der Waals surface area contributed by atoms with Gasteiger partial charge in [-0.2, -0.15) is 4.98 Å². The number of methoxy groups -OCH3 is 1. The van der Waals surface area contributed by atoms with Crippen molar-refractivity contribution in [2.45, 2.75) is 24.5 Å². The fourth-order valence-corrected chi connectivity index (χ4v) is 3.79. The van der Waals surface area contributed by atoms with E-state index in [0.29, 0.717) is 5.75 Å². The first-order chi connectivity index (χ1) is 16.1. The molecule has 4 atom stereocenters. The van der Waals surface area contributed by atoms with Crippen LogP contribution < -0.4 is 15.6 Å². The van der Waals surface area contributed by atoms with Gasteiger partial charge in [-0.15, -0.1) is 0 Å². The van der Waals surface area contributed by atoms with Crippen LogP contribution in [0.5, 0.6) is 5.75 Å². The predicted molar refractivity (Wildman–Crippen MR) is 113 cm³/mol. The van der Waals surface area contributed by atoms with E-state index in [4.69, 9.17) is 19.3 Å². The highest BCUT2D eigenvalue weighted by molar-refractivity contribution is 7.46. The van der Waals surface area contributed by atoms with Gasteiger partial charge in [0.15, 0.2) is 17.4 Å². The molecule has 0 spiro atoms. The third-order valence-corrected chi connectivity index (χ3v) is 5.52. The van der Waals surface area contributed by atoms with Gasteiger partial charge in [-0.05, 0) is 12.1 Å². The van der Waals surface area contributed by atoms with Crippen LogP contribution in [0.3, 0.4) is 0 Å². The number of phosphoric ester groups is 1. The second kappa shape index (κ2) is 9.23. The first-order valence-electron chi connectivity index (χ1n) is 9.72. The molecule has 0 radical (unpaired) electrons. The first kappa shape index (κ1) is 24.0. The minimum Gasteiger partial charge on any atom is -0.496 e. The summed E-state index contributed by atoms with van der Waals surface area (Å²) in [4.78, 5) is 53.3. The molecule has 1 aliphatic heterocycles. The summed E-state index contributed by atoms with van der Waals surface area (Å²) in [6, 6.07) is 6.40. The summed E-state index contributed by atoms with van der Waals surface area (Å²) in [6.07, 6.45) is -4.63. The number of carbonyl (C=O) groups excluding carboxylic acids is 1. The van der Waals surface area contributed by atoms with E-state index in [2.05, 4.69) is 24.8 Å². The zero-order chi connectivity index (χ0) is 24.6. The molecule has 3 heterocycles. The Labute approximate surface area is 190 Å². The van der Waals surface area contributed by atoms with E-state index >= 15 is 0 Å². The first-order valence-corrected chi connectivity index (χ1v) is 11.2. The zero-order valence-electron chi connectivity index (χ0n) is 17.4. The number of imidazole rings is 1. The third-order valence-electron chi connectivity index (χ3n) is 5.03. The number of hydrogen-bond acceptors (Lipinski definition) is 10. The Balaban J connectivity index is 1.62. The van der Waals surface area contributed by atoms with Gasteiger partial charge in [0, 0.05) is 0 Å². The van der Waals surface area contributed by atoms with Gasteiger partial charge in [-0.25, -0.2) is 9.55 Å². The quantitative estimate of drug-likeness (QED) is 0.219. The van der Waals surface area contributed by atoms with Crippen LogP contribution >= 0.6 is 7.82 Å². The van der Waals surface area contributed by atoms with Crippen molar-refractivity contribution >= 4 is 30.8 Å². The molecule has 2 aromatic heterocycles. The number of nitrogens with zero attached hydrogens (tertiary/aromatic N) is 3. The maximum atomic E-state index is 12.7. The number of rotatable bonds is 7. The molecule has 6 N–H and O–H groups in total. The highest BCUT2D eigenvalue weighted by Crippen LogP contribution is 2.38. The summed E-state index contributed by atoms with van der Waals surface area (Å²) < 4.78 is 27.1. The molecule has 182 valence electrons. The Morgan fingerprint density at radius 1 is 1.29 bits per heavy atom. The van der Waals surface area contributed by atoms with E-state index in [9.17, 15) is 24.4 Å². The molecule has 0 unspecified atom stereocenters. The second-order valence-corrected chi connectivity index (χ2v) is 8.46. The molecule has 3 aromatic rings. The monoisotopic (exact) mass is 497 g/mol. The molecule has 0 aliphatic carbocycles. The lowest BCUT2D eigenvalue weighted by Crippen LogP contribution is -2.33. The standard InChI is InChI=1S/C18H20N5O10P/c1-31-9-5-3-2-4-8(9)15(26)21-18-20-14-11(16(27)22-18)19-7-23(14)17-13(25)12(24)10(33-17)6-32-34(28,29)30/h2-5,7,10,12-13,17,24-25H,6H2,1H3,(H2,28,29,30)(H2,20,21,22,26,27)/t10-,12-,13-,17-/m1/s1. The van der Waals surface area contributed by atoms with Crippen LogP contribution in [0.4, 0.5) is 5.95 Å². The lowest BCUT2D eigenvalue weighted by molar-refractivity contribution is -0.0503. The number of H-pyrrole nitrogens is 1. The van der Waals surface area contributed by atoms with Crippen molar-refractivity contribution < 1.29 is 43.4 Å². The van der Waals surface area contributed by atoms with Crippen LogP contribution in [0.1, 0.15) is 16.6 Å². The Hall–Kier alpha value is -3.17. The van der Waals surface area contributed by atoms with E-state index in [1.54, 1.807) is 18.2 Å². The van der Waals surface area contributed by atoms with Crippen molar-refractivity contribution in [2.24, 2.45) is 0 Å². The molecule has 1 aromatic carbocycles. The molecule has 15 nitrogen and oxygen atoms in total. The van der Waals surface area contributed by atoms with Crippen molar-refractivity contribution in [1.29, 1.82) is 0 Å². The number of ether oxygens (including phenoxy) is 2. The van der Waals surface area contributed by atoms with Crippen molar-refractivity contribution in [1.82, 2.24) is 19.5 Å². The van der Waals surface area contributed by atoms with Gasteiger partial charge in [0.2, 0.25) is 5.95 Å². The van der Waals surface area contributed by atoms with Crippen molar-refractivity contribution in [3.05, 3.63) is 46.5 Å². The highest BCUT2D eigenvalue weighted by atomic mass is 31.2. The average molecular weight is 497 g/mol. The number of nitrogens with one attached hydrogen (secondary N) is 2. The Kier molecular flexibility index (Phi) is 6.51. The lowest BCUT2D eigenvalue weighted by Gasteiger charge is -2.16. The smallest absolute Gasteiger partial charge is 0.469 e. The number of carbonyl (C=O) groups is 1. The number of phosphoric acid groups is 1. The molecule has 16 heteroatoms. The fourth-order valence-electron chi connectivity index (χ4n) is 3.45. The summed E-state index contributed by atoms with van der Waals surface area (Å²) in [5.41, 5.74) is -0.748. The number of benzene rings is 1. The number of aromatic nitrogens is 4. The number of hydrogen-bond donors (Lipinski definition) is 6. The van der Waals surface area contributed by atoms with Crippen LogP contribution in [0.25, 0.3) is 11.2 Å². The maximum Gasteiger partial charge on any atom is 0.469 e. The summed E-state index contributed by atoms with van der Waals surface area (Å²) >= 11 is 0. The van der Waals surface area contributed by atoms with Gasteiger partial charge >= 0.3 is 7.82 Å². The minimum absolute atomic E-state index is 0.0908. The Morgan fingerprint density at radius 3 is 2.74 bits per heavy atom. The number of amides is 1. The summed E-state index contributed by atoms with van der Waals surface area (Å²) in [6.45, 7) is -0.708. The lowest BCUT2D eigenvalue weighted by atomic mass is 10.1. The maximum absolute atomic E-state index is 12.7. The normalized spacial score (nSPS) is 22.7. The second-order valence-electron chi connectivity index (χ2n) is 7.23. The van der Waals surface area contributed by atoms with Gasteiger partial charge in [0.1, 0.15) is 24.1 Å². The molecule has 0 bridgehead atoms. The van der Waals surface area contributed by atoms with Gasteiger partial charge in [0.25, 0.3) is 11.5 Å². The Bertz CT molecular complexity index is 1320. The van der Waals surface area contributed by atoms with Crippen LogP contribution in [-0.2, 0) is 13.8 Å². The molecule has 1 saturated heterocycles. The summed E-state index contributed by atoms with van der Waals surface area (Å²) in [5, 5.41) is 23.1. The summed E-state index contributed by atoms with van der Waals surface area (Å²) in [7, 11) is -3.44. The van der Waals surface area contributed by atoms with Gasteiger partial charge < -0.3 is 29.5 Å². The van der Waals surface area contributed by atoms with Crippen LogP contribution in [0.15, 0.2) is 35.4 Å². The van der Waals surface area contributed by atoms with E-state index < -0.39 is 50.4 Å². The van der Waals surface area contributed by atoms with Crippen molar-refractivity contribution in [3.63, 3.8) is 0 Å². The molecular weight excluding hydrogens is 477 g/mol. The minimum atomic E-state index is -4.84. The van der Waals surface area contributed by atoms with E-state index in [1.807, 2.05) is 0 Å². The Morgan fingerprint density at radius 2 is 2.03 bits per heavy atom. The van der Waals surface area contributed by atoms with Crippen LogP contribution in [0, 0.1) is 0 Å². The van der Waals surface area contributed by atoms with Gasteiger partial charge in [-0.1, -0.05) is 12.1 Å². The SMILES string of the molecule is COc1ccccc1C(=O)Nc1nc2c(ncn2[C@@H]2O[C@H](COP(=O)(O)O)[C@@H](O)[C@H]2O)c(=O)[nH]1. The number of aliphatic hydroxyl groups excluding tert-OH is 2. The number of anilines is 1. The summed E-state index contributed by atoms with van der Waals surface area (Å²) in [5.74, 6) is -0.550. The predicted octanol–water partition coefficient (Wildman–Crippen LogP) is -0.891. The molecule has 34 heavy (non-hydrogen) atoms. The van der Waals surface area contributed by atoms with Gasteiger partial charge in [-0.3, -0.25) is 29.0 Å². The largest absolute Gasteiger partial charge is 0.496 e. The van der Waals surface area contributed by atoms with Crippen LogP contribution in [-0.4, -0.2) is 77.5 Å². The van der Waals surface area contributed by atoms with Crippen LogP contribution in [0.2, 0.25) is 0 Å². The van der Waals surface area contributed by atoms with Crippen molar-refractivity contribution in [2.75, 3.05) is 19.0 Å². The number of para-hydroxylation sites is 1. The fraction of sp³-hybridized carbons (Fsp3) is 0.333. The number of aromatic amines is 1. The number of aliphatic hydroxyl groups is 2. The molecular formula is C18H20N5O10P. The van der Waals surface area contributed by atoms with E-state index in [1.165, 1.54) is 13.2 Å². The molecule has 1 aliphatic rings. The van der Waals surface area contributed by atoms with Gasteiger partial charge in [0.05, 0.1) is 25.6 Å². The average Bonchev–Trinajstić information content (AvgIpc) is 3.33. The molecule has 4 rings (SSSR count). The molecule has 0 saturated carbocycles.